The number of hydrogen-bond donors (Lipinski definition) is 1. The molecule has 200 valence electrons. The summed E-state index contributed by atoms with van der Waals surface area (Å²) in [5.41, 5.74) is 4.49. The monoisotopic (exact) mass is 519 g/mol. The second-order valence-electron chi connectivity index (χ2n) is 10.1. The zero-order valence-corrected chi connectivity index (χ0v) is 21.7. The maximum atomic E-state index is 13.3. The number of carbonyl (C=O) groups excluding carboxylic acids is 4. The second-order valence-corrected chi connectivity index (χ2v) is 10.1. The number of fused-ring (bicyclic) bond motifs is 3. The molecule has 2 aliphatic heterocycles. The molecule has 2 saturated heterocycles. The second kappa shape index (κ2) is 10.8. The van der Waals surface area contributed by atoms with Crippen LogP contribution in [-0.4, -0.2) is 78.6 Å². The van der Waals surface area contributed by atoms with Crippen LogP contribution in [0.25, 0.3) is 11.1 Å². The van der Waals surface area contributed by atoms with E-state index in [0.717, 1.165) is 22.3 Å². The van der Waals surface area contributed by atoms with Gasteiger partial charge in [0.2, 0.25) is 11.8 Å². The summed E-state index contributed by atoms with van der Waals surface area (Å²) in [6.07, 6.45) is 1.79. The summed E-state index contributed by atoms with van der Waals surface area (Å²) >= 11 is 0. The third kappa shape index (κ3) is 4.73. The first-order valence-corrected chi connectivity index (χ1v) is 13.2. The molecule has 0 radical (unpaired) electrons. The number of nitrogens with one attached hydrogen (secondary N) is 1. The molecule has 3 atom stereocenters. The topological polar surface area (TPSA) is 105 Å². The minimum Gasteiger partial charge on any atom is -0.467 e. The first kappa shape index (κ1) is 25.8. The van der Waals surface area contributed by atoms with Gasteiger partial charge in [-0.05, 0) is 54.9 Å². The van der Waals surface area contributed by atoms with Gasteiger partial charge in [0, 0.05) is 19.0 Å². The summed E-state index contributed by atoms with van der Waals surface area (Å²) in [4.78, 5) is 54.4. The molecule has 2 heterocycles. The summed E-state index contributed by atoms with van der Waals surface area (Å²) in [5.74, 6) is -1.10. The van der Waals surface area contributed by atoms with Crippen molar-refractivity contribution in [2.75, 3.05) is 26.8 Å². The quantitative estimate of drug-likeness (QED) is 0.588. The number of benzene rings is 2. The molecule has 0 bridgehead atoms. The fourth-order valence-electron chi connectivity index (χ4n) is 6.02. The van der Waals surface area contributed by atoms with Crippen LogP contribution in [0.5, 0.6) is 0 Å². The summed E-state index contributed by atoms with van der Waals surface area (Å²) in [6.45, 7) is 2.62. The summed E-state index contributed by atoms with van der Waals surface area (Å²) in [5, 5.41) is 2.64. The highest BCUT2D eigenvalue weighted by Gasteiger charge is 2.43. The molecular weight excluding hydrogens is 486 g/mol. The van der Waals surface area contributed by atoms with Crippen LogP contribution in [0.4, 0.5) is 4.79 Å². The van der Waals surface area contributed by atoms with Gasteiger partial charge in [0.25, 0.3) is 0 Å². The van der Waals surface area contributed by atoms with Gasteiger partial charge in [-0.3, -0.25) is 9.59 Å². The molecule has 1 N–H and O–H groups in total. The van der Waals surface area contributed by atoms with E-state index in [4.69, 9.17) is 9.47 Å². The Balaban J connectivity index is 1.19. The number of carbonyl (C=O) groups is 4. The highest BCUT2D eigenvalue weighted by molar-refractivity contribution is 5.93. The van der Waals surface area contributed by atoms with E-state index >= 15 is 0 Å². The Morgan fingerprint density at radius 1 is 0.895 bits per heavy atom. The van der Waals surface area contributed by atoms with Gasteiger partial charge in [-0.15, -0.1) is 0 Å². The lowest BCUT2D eigenvalue weighted by Gasteiger charge is -2.31. The molecule has 9 heteroatoms. The Morgan fingerprint density at radius 2 is 1.47 bits per heavy atom. The number of hydrogen-bond acceptors (Lipinski definition) is 6. The van der Waals surface area contributed by atoms with Gasteiger partial charge >= 0.3 is 12.1 Å². The maximum absolute atomic E-state index is 13.3. The van der Waals surface area contributed by atoms with E-state index in [2.05, 4.69) is 17.4 Å². The molecule has 1 aliphatic carbocycles. The molecule has 3 amide bonds. The van der Waals surface area contributed by atoms with Crippen molar-refractivity contribution in [3.63, 3.8) is 0 Å². The number of alkyl carbamates (subject to hydrolysis) is 1. The molecule has 38 heavy (non-hydrogen) atoms. The highest BCUT2D eigenvalue weighted by Crippen LogP contribution is 2.44. The smallest absolute Gasteiger partial charge is 0.407 e. The third-order valence-corrected chi connectivity index (χ3v) is 7.88. The SMILES string of the molecule is COC(=O)[C@H]1CCCN1C(=O)[C@H]1CCCN1C(=O)[C@H](C)NC(=O)OCC1c2ccccc2-c2ccccc21. The maximum Gasteiger partial charge on any atom is 0.407 e. The Hall–Kier alpha value is -3.88. The molecule has 9 nitrogen and oxygen atoms in total. The van der Waals surface area contributed by atoms with Crippen LogP contribution in [0.3, 0.4) is 0 Å². The van der Waals surface area contributed by atoms with Gasteiger partial charge in [-0.1, -0.05) is 48.5 Å². The van der Waals surface area contributed by atoms with Crippen LogP contribution in [0.1, 0.15) is 49.7 Å². The first-order valence-electron chi connectivity index (χ1n) is 13.2. The molecule has 2 aromatic carbocycles. The van der Waals surface area contributed by atoms with Gasteiger partial charge in [0.15, 0.2) is 0 Å². The van der Waals surface area contributed by atoms with Crippen LogP contribution in [-0.2, 0) is 23.9 Å². The van der Waals surface area contributed by atoms with E-state index in [1.54, 1.807) is 6.92 Å². The number of methoxy groups -OCH3 is 1. The van der Waals surface area contributed by atoms with Crippen LogP contribution in [0.2, 0.25) is 0 Å². The van der Waals surface area contributed by atoms with Gasteiger partial charge < -0.3 is 24.6 Å². The number of likely N-dealkylation sites (tertiary alicyclic amines) is 2. The van der Waals surface area contributed by atoms with Crippen molar-refractivity contribution < 1.29 is 28.7 Å². The van der Waals surface area contributed by atoms with E-state index in [1.165, 1.54) is 16.9 Å². The number of esters is 1. The lowest BCUT2D eigenvalue weighted by Crippen LogP contribution is -2.54. The zero-order valence-electron chi connectivity index (χ0n) is 21.7. The molecule has 0 unspecified atom stereocenters. The molecular formula is C29H33N3O6. The molecule has 2 fully saturated rings. The van der Waals surface area contributed by atoms with Crippen LogP contribution in [0.15, 0.2) is 48.5 Å². The number of ether oxygens (including phenoxy) is 2. The Bertz CT molecular complexity index is 1200. The van der Waals surface area contributed by atoms with Crippen molar-refractivity contribution in [1.82, 2.24) is 15.1 Å². The normalized spacial score (nSPS) is 21.0. The summed E-state index contributed by atoms with van der Waals surface area (Å²) < 4.78 is 10.4. The molecule has 0 saturated carbocycles. The lowest BCUT2D eigenvalue weighted by atomic mass is 9.98. The minimum atomic E-state index is -0.867. The molecule has 3 aliphatic rings. The molecule has 0 spiro atoms. The fraction of sp³-hybridized carbons (Fsp3) is 0.448. The third-order valence-electron chi connectivity index (χ3n) is 7.88. The van der Waals surface area contributed by atoms with Gasteiger partial charge in [-0.2, -0.15) is 0 Å². The van der Waals surface area contributed by atoms with Gasteiger partial charge in [0.1, 0.15) is 24.7 Å². The van der Waals surface area contributed by atoms with Crippen LogP contribution < -0.4 is 5.32 Å². The van der Waals surface area contributed by atoms with Crippen LogP contribution in [0, 0.1) is 0 Å². The van der Waals surface area contributed by atoms with E-state index in [9.17, 15) is 19.2 Å². The highest BCUT2D eigenvalue weighted by atomic mass is 16.5. The van der Waals surface area contributed by atoms with E-state index < -0.39 is 30.2 Å². The van der Waals surface area contributed by atoms with Gasteiger partial charge in [-0.25, -0.2) is 9.59 Å². The average Bonchev–Trinajstić information content (AvgIpc) is 3.68. The standard InChI is InChI=1S/C29H33N3O6/c1-18(26(33)31-15-7-13-24(31)27(34)32-16-8-14-25(32)28(35)37-2)30-29(36)38-17-23-21-11-5-3-9-19(21)20-10-4-6-12-22(20)23/h3-6,9-12,18,23-25H,7-8,13-17H2,1-2H3,(H,30,36)/t18-,24+,25+/m0/s1. The molecule has 5 rings (SSSR count). The van der Waals surface area contributed by atoms with Crippen molar-refractivity contribution in [2.24, 2.45) is 0 Å². The van der Waals surface area contributed by atoms with Gasteiger partial charge in [0.05, 0.1) is 7.11 Å². The van der Waals surface area contributed by atoms with E-state index in [-0.39, 0.29) is 24.3 Å². The summed E-state index contributed by atoms with van der Waals surface area (Å²) in [6, 6.07) is 14.0. The predicted molar refractivity (Wildman–Crippen MR) is 139 cm³/mol. The van der Waals surface area contributed by atoms with Crippen molar-refractivity contribution in [3.05, 3.63) is 59.7 Å². The van der Waals surface area contributed by atoms with Crippen molar-refractivity contribution >= 4 is 23.9 Å². The average molecular weight is 520 g/mol. The summed E-state index contributed by atoms with van der Waals surface area (Å²) in [7, 11) is 1.31. The number of rotatable bonds is 6. The van der Waals surface area contributed by atoms with E-state index in [0.29, 0.717) is 38.8 Å². The molecule has 0 aromatic heterocycles. The van der Waals surface area contributed by atoms with Crippen molar-refractivity contribution in [1.29, 1.82) is 0 Å². The number of amides is 3. The van der Waals surface area contributed by atoms with Crippen molar-refractivity contribution in [3.8, 4) is 11.1 Å². The molecule has 2 aromatic rings. The minimum absolute atomic E-state index is 0.0806. The Labute approximate surface area is 222 Å². The number of nitrogens with zero attached hydrogens (tertiary/aromatic N) is 2. The first-order chi connectivity index (χ1) is 18.4. The zero-order chi connectivity index (χ0) is 26.8. The lowest BCUT2D eigenvalue weighted by molar-refractivity contribution is -0.153. The largest absolute Gasteiger partial charge is 0.467 e. The fourth-order valence-corrected chi connectivity index (χ4v) is 6.02. The van der Waals surface area contributed by atoms with E-state index in [1.807, 2.05) is 36.4 Å². The van der Waals surface area contributed by atoms with Crippen molar-refractivity contribution in [2.45, 2.75) is 56.7 Å². The van der Waals surface area contributed by atoms with Crippen LogP contribution >= 0.6 is 0 Å². The predicted octanol–water partition coefficient (Wildman–Crippen LogP) is 3.07. The Morgan fingerprint density at radius 3 is 2.11 bits per heavy atom. The Kier molecular flexibility index (Phi) is 7.35.